The summed E-state index contributed by atoms with van der Waals surface area (Å²) in [4.78, 5) is 12.5. The van der Waals surface area contributed by atoms with Crippen molar-refractivity contribution in [2.75, 3.05) is 6.61 Å². The largest absolute Gasteiger partial charge is 0.490 e. The van der Waals surface area contributed by atoms with Gasteiger partial charge in [-0.15, -0.1) is 0 Å². The summed E-state index contributed by atoms with van der Waals surface area (Å²) in [5, 5.41) is 6.76. The molecular formula is C29H27ClN2O4. The number of nitrogens with one attached hydrogen (secondary N) is 1. The first kappa shape index (κ1) is 25.1. The third-order valence-electron chi connectivity index (χ3n) is 5.39. The number of nitrogens with zero attached hydrogens (tertiary/aromatic N) is 1. The number of hydrazone groups is 1. The lowest BCUT2D eigenvalue weighted by Crippen LogP contribution is -2.33. The van der Waals surface area contributed by atoms with Gasteiger partial charge in [-0.05, 0) is 66.8 Å². The van der Waals surface area contributed by atoms with Crippen molar-refractivity contribution >= 4 is 34.5 Å². The van der Waals surface area contributed by atoms with Gasteiger partial charge in [-0.1, -0.05) is 60.1 Å². The van der Waals surface area contributed by atoms with E-state index in [1.165, 1.54) is 0 Å². The highest BCUT2D eigenvalue weighted by molar-refractivity contribution is 6.30. The third-order valence-corrected chi connectivity index (χ3v) is 5.64. The molecule has 0 aliphatic heterocycles. The lowest BCUT2D eigenvalue weighted by Gasteiger charge is -2.15. The van der Waals surface area contributed by atoms with Gasteiger partial charge in [-0.3, -0.25) is 4.79 Å². The number of carbonyl (C=O) groups is 1. The van der Waals surface area contributed by atoms with Crippen molar-refractivity contribution in [2.45, 2.75) is 26.6 Å². The molecular weight excluding hydrogens is 476 g/mol. The van der Waals surface area contributed by atoms with Crippen molar-refractivity contribution in [2.24, 2.45) is 5.10 Å². The number of hydrogen-bond acceptors (Lipinski definition) is 5. The normalized spacial score (nSPS) is 11.9. The highest BCUT2D eigenvalue weighted by Gasteiger charge is 2.15. The summed E-state index contributed by atoms with van der Waals surface area (Å²) in [6.45, 7) is 4.46. The van der Waals surface area contributed by atoms with Crippen LogP contribution in [0.25, 0.3) is 10.8 Å². The second-order valence-electron chi connectivity index (χ2n) is 8.03. The maximum absolute atomic E-state index is 12.5. The first-order valence-corrected chi connectivity index (χ1v) is 12.0. The Labute approximate surface area is 215 Å². The number of benzene rings is 4. The van der Waals surface area contributed by atoms with Gasteiger partial charge in [-0.2, -0.15) is 5.10 Å². The van der Waals surface area contributed by atoms with Gasteiger partial charge in [0.2, 0.25) is 0 Å². The molecule has 0 radical (unpaired) electrons. The predicted octanol–water partition coefficient (Wildman–Crippen LogP) is 6.39. The van der Waals surface area contributed by atoms with Crippen molar-refractivity contribution in [1.29, 1.82) is 0 Å². The third kappa shape index (κ3) is 6.55. The summed E-state index contributed by atoms with van der Waals surface area (Å²) < 4.78 is 17.6. The van der Waals surface area contributed by atoms with Crippen LogP contribution in [-0.4, -0.2) is 24.8 Å². The van der Waals surface area contributed by atoms with E-state index in [0.29, 0.717) is 35.5 Å². The van der Waals surface area contributed by atoms with Crippen molar-refractivity contribution in [1.82, 2.24) is 5.43 Å². The average molecular weight is 503 g/mol. The molecule has 0 bridgehead atoms. The van der Waals surface area contributed by atoms with E-state index >= 15 is 0 Å². The van der Waals surface area contributed by atoms with Crippen LogP contribution in [0.4, 0.5) is 0 Å². The number of ether oxygens (including phenoxy) is 3. The minimum Gasteiger partial charge on any atom is -0.490 e. The SMILES string of the molecule is CCOc1cc(/C=N\NC(=O)[C@@H](C)Oc2cccc3ccccc23)ccc1OCc1ccc(Cl)cc1. The zero-order valence-corrected chi connectivity index (χ0v) is 20.9. The van der Waals surface area contributed by atoms with Crippen LogP contribution in [0.5, 0.6) is 17.2 Å². The Hall–Kier alpha value is -4.03. The molecule has 0 aromatic heterocycles. The van der Waals surface area contributed by atoms with E-state index in [9.17, 15) is 4.79 Å². The molecule has 1 N–H and O–H groups in total. The van der Waals surface area contributed by atoms with Crippen LogP contribution in [-0.2, 0) is 11.4 Å². The predicted molar refractivity (Wildman–Crippen MR) is 143 cm³/mol. The lowest BCUT2D eigenvalue weighted by atomic mass is 10.1. The average Bonchev–Trinajstić information content (AvgIpc) is 2.89. The van der Waals surface area contributed by atoms with Crippen molar-refractivity contribution in [3.8, 4) is 17.2 Å². The number of hydrogen-bond donors (Lipinski definition) is 1. The maximum Gasteiger partial charge on any atom is 0.280 e. The molecule has 0 fully saturated rings. The molecule has 0 aliphatic rings. The summed E-state index contributed by atoms with van der Waals surface area (Å²) in [5.74, 6) is 1.50. The maximum atomic E-state index is 12.5. The fourth-order valence-corrected chi connectivity index (χ4v) is 3.66. The Bertz CT molecular complexity index is 1350. The summed E-state index contributed by atoms with van der Waals surface area (Å²) in [5.41, 5.74) is 4.28. The summed E-state index contributed by atoms with van der Waals surface area (Å²) >= 11 is 5.94. The van der Waals surface area contributed by atoms with E-state index < -0.39 is 6.10 Å². The smallest absolute Gasteiger partial charge is 0.280 e. The van der Waals surface area contributed by atoms with Crippen LogP contribution in [0.2, 0.25) is 5.02 Å². The first-order valence-electron chi connectivity index (χ1n) is 11.6. The molecule has 0 aliphatic carbocycles. The van der Waals surface area contributed by atoms with Gasteiger partial charge < -0.3 is 14.2 Å². The molecule has 4 rings (SSSR count). The Morgan fingerprint density at radius 3 is 2.53 bits per heavy atom. The fourth-order valence-electron chi connectivity index (χ4n) is 3.54. The highest BCUT2D eigenvalue weighted by Crippen LogP contribution is 2.29. The van der Waals surface area contributed by atoms with Crippen LogP contribution in [0, 0.1) is 0 Å². The first-order chi connectivity index (χ1) is 17.5. The molecule has 1 amide bonds. The van der Waals surface area contributed by atoms with Crippen LogP contribution in [0.15, 0.2) is 90.0 Å². The highest BCUT2D eigenvalue weighted by atomic mass is 35.5. The van der Waals surface area contributed by atoms with Gasteiger partial charge in [0.05, 0.1) is 12.8 Å². The van der Waals surface area contributed by atoms with E-state index in [1.807, 2.05) is 91.9 Å². The molecule has 1 atom stereocenters. The monoisotopic (exact) mass is 502 g/mol. The molecule has 0 saturated carbocycles. The molecule has 0 saturated heterocycles. The molecule has 6 nitrogen and oxygen atoms in total. The second kappa shape index (κ2) is 12.1. The number of carbonyl (C=O) groups excluding carboxylic acids is 1. The van der Waals surface area contributed by atoms with Gasteiger partial charge in [0, 0.05) is 10.4 Å². The molecule has 0 spiro atoms. The molecule has 36 heavy (non-hydrogen) atoms. The molecule has 0 heterocycles. The number of amides is 1. The Morgan fingerprint density at radius 1 is 0.944 bits per heavy atom. The Kier molecular flexibility index (Phi) is 8.42. The van der Waals surface area contributed by atoms with Crippen LogP contribution >= 0.6 is 11.6 Å². The fraction of sp³-hybridized carbons (Fsp3) is 0.172. The lowest BCUT2D eigenvalue weighted by molar-refractivity contribution is -0.127. The molecule has 4 aromatic rings. The van der Waals surface area contributed by atoms with Gasteiger partial charge in [0.25, 0.3) is 5.91 Å². The number of fused-ring (bicyclic) bond motifs is 1. The van der Waals surface area contributed by atoms with Gasteiger partial charge in [-0.25, -0.2) is 5.43 Å². The van der Waals surface area contributed by atoms with E-state index in [4.69, 9.17) is 25.8 Å². The van der Waals surface area contributed by atoms with Crippen molar-refractivity contribution < 1.29 is 19.0 Å². The molecule has 7 heteroatoms. The topological polar surface area (TPSA) is 69.2 Å². The zero-order valence-electron chi connectivity index (χ0n) is 20.1. The van der Waals surface area contributed by atoms with Crippen molar-refractivity contribution in [3.05, 3.63) is 101 Å². The Morgan fingerprint density at radius 2 is 1.72 bits per heavy atom. The van der Waals surface area contributed by atoms with Gasteiger partial charge >= 0.3 is 0 Å². The molecule has 4 aromatic carbocycles. The minimum atomic E-state index is -0.726. The number of rotatable bonds is 10. The quantitative estimate of drug-likeness (QED) is 0.201. The summed E-state index contributed by atoms with van der Waals surface area (Å²) in [6, 6.07) is 26.6. The number of halogens is 1. The zero-order chi connectivity index (χ0) is 25.3. The van der Waals surface area contributed by atoms with Gasteiger partial charge in [0.15, 0.2) is 17.6 Å². The summed E-state index contributed by atoms with van der Waals surface area (Å²) in [7, 11) is 0. The van der Waals surface area contributed by atoms with Crippen LogP contribution in [0.3, 0.4) is 0 Å². The van der Waals surface area contributed by atoms with Crippen LogP contribution < -0.4 is 19.6 Å². The summed E-state index contributed by atoms with van der Waals surface area (Å²) in [6.07, 6.45) is 0.823. The van der Waals surface area contributed by atoms with Crippen molar-refractivity contribution in [3.63, 3.8) is 0 Å². The molecule has 184 valence electrons. The van der Waals surface area contributed by atoms with Crippen LogP contribution in [0.1, 0.15) is 25.0 Å². The minimum absolute atomic E-state index is 0.355. The van der Waals surface area contributed by atoms with E-state index in [1.54, 1.807) is 13.1 Å². The van der Waals surface area contributed by atoms with E-state index in [-0.39, 0.29) is 5.91 Å². The van der Waals surface area contributed by atoms with E-state index in [2.05, 4.69) is 10.5 Å². The Balaban J connectivity index is 1.36. The second-order valence-corrected chi connectivity index (χ2v) is 8.46. The van der Waals surface area contributed by atoms with Gasteiger partial charge in [0.1, 0.15) is 12.4 Å². The molecule has 0 unspecified atom stereocenters. The standard InChI is InChI=1S/C29H27ClN2O4/c1-3-34-28-17-22(13-16-27(28)35-19-21-11-14-24(30)15-12-21)18-31-32-29(33)20(2)36-26-10-6-8-23-7-4-5-9-25(23)26/h4-18,20H,3,19H2,1-2H3,(H,32,33)/b31-18-/t20-/m1/s1. The van der Waals surface area contributed by atoms with E-state index in [0.717, 1.165) is 21.9 Å².